The van der Waals surface area contributed by atoms with Crippen LogP contribution < -0.4 is 16.0 Å². The highest BCUT2D eigenvalue weighted by atomic mass is 32.1. The van der Waals surface area contributed by atoms with E-state index in [1.807, 2.05) is 31.2 Å². The minimum absolute atomic E-state index is 0.568. The van der Waals surface area contributed by atoms with Gasteiger partial charge in [-0.25, -0.2) is 4.98 Å². The van der Waals surface area contributed by atoms with Crippen molar-refractivity contribution in [1.82, 2.24) is 20.5 Å². The summed E-state index contributed by atoms with van der Waals surface area (Å²) in [6.07, 6.45) is 1.93. The molecule has 0 atom stereocenters. The third-order valence-corrected chi connectivity index (χ3v) is 5.35. The van der Waals surface area contributed by atoms with E-state index in [2.05, 4.69) is 31.9 Å². The lowest BCUT2D eigenvalue weighted by Gasteiger charge is -2.26. The number of aryl methyl sites for hydroxylation is 1. The molecule has 0 unspecified atom stereocenters. The van der Waals surface area contributed by atoms with Gasteiger partial charge in [-0.15, -0.1) is 0 Å². The zero-order valence-electron chi connectivity index (χ0n) is 17.5. The highest BCUT2D eigenvalue weighted by Crippen LogP contribution is 2.21. The van der Waals surface area contributed by atoms with Crippen LogP contribution in [0.2, 0.25) is 0 Å². The largest absolute Gasteiger partial charge is 0.379 e. The van der Waals surface area contributed by atoms with Crippen molar-refractivity contribution in [2.24, 2.45) is 0 Å². The first-order valence-corrected chi connectivity index (χ1v) is 10.9. The maximum atomic E-state index is 9.43. The summed E-state index contributed by atoms with van der Waals surface area (Å²) in [7, 11) is 0. The minimum Gasteiger partial charge on any atom is -0.379 e. The van der Waals surface area contributed by atoms with E-state index in [1.54, 1.807) is 0 Å². The maximum absolute atomic E-state index is 9.43. The number of ether oxygens (including phenoxy) is 1. The van der Waals surface area contributed by atoms with Crippen LogP contribution in [0.1, 0.15) is 24.0 Å². The number of pyridine rings is 1. The summed E-state index contributed by atoms with van der Waals surface area (Å²) < 4.78 is 5.36. The molecule has 1 aliphatic heterocycles. The van der Waals surface area contributed by atoms with E-state index in [0.717, 1.165) is 75.2 Å². The summed E-state index contributed by atoms with van der Waals surface area (Å²) in [6.45, 7) is 9.17. The van der Waals surface area contributed by atoms with E-state index in [0.29, 0.717) is 23.0 Å². The van der Waals surface area contributed by atoms with Gasteiger partial charge < -0.3 is 20.7 Å². The van der Waals surface area contributed by atoms with Crippen LogP contribution in [0.4, 0.5) is 5.82 Å². The van der Waals surface area contributed by atoms with Crippen LogP contribution in [0.15, 0.2) is 24.3 Å². The van der Waals surface area contributed by atoms with Crippen LogP contribution in [-0.4, -0.2) is 67.5 Å². The molecule has 1 aromatic heterocycles. The smallest absolute Gasteiger partial charge is 0.166 e. The van der Waals surface area contributed by atoms with Crippen molar-refractivity contribution in [3.8, 4) is 6.07 Å². The van der Waals surface area contributed by atoms with Gasteiger partial charge in [0.25, 0.3) is 0 Å². The molecule has 0 saturated carbocycles. The van der Waals surface area contributed by atoms with Crippen LogP contribution in [0, 0.1) is 18.3 Å². The topological polar surface area (TPSA) is 85.2 Å². The molecule has 3 N–H and O–H groups in total. The van der Waals surface area contributed by atoms with Gasteiger partial charge in [0.1, 0.15) is 11.9 Å². The van der Waals surface area contributed by atoms with E-state index in [1.165, 1.54) is 0 Å². The molecule has 0 radical (unpaired) electrons. The zero-order chi connectivity index (χ0) is 21.2. The third kappa shape index (κ3) is 6.80. The molecule has 1 aliphatic rings. The first-order valence-electron chi connectivity index (χ1n) is 10.5. The number of thiocarbonyl (C=S) groups is 1. The second-order valence-electron chi connectivity index (χ2n) is 7.46. The van der Waals surface area contributed by atoms with Gasteiger partial charge in [-0.2, -0.15) is 5.26 Å². The van der Waals surface area contributed by atoms with Crippen molar-refractivity contribution in [3.05, 3.63) is 35.4 Å². The number of hydrogen-bond donors (Lipinski definition) is 3. The van der Waals surface area contributed by atoms with Crippen molar-refractivity contribution in [2.45, 2.75) is 19.8 Å². The summed E-state index contributed by atoms with van der Waals surface area (Å²) >= 11 is 5.34. The van der Waals surface area contributed by atoms with Gasteiger partial charge in [0.05, 0.1) is 24.3 Å². The van der Waals surface area contributed by atoms with Gasteiger partial charge in [-0.3, -0.25) is 4.90 Å². The summed E-state index contributed by atoms with van der Waals surface area (Å²) in [5, 5.41) is 20.9. The van der Waals surface area contributed by atoms with Crippen molar-refractivity contribution >= 4 is 34.1 Å². The molecule has 7 nitrogen and oxygen atoms in total. The second-order valence-corrected chi connectivity index (χ2v) is 7.87. The molecule has 0 amide bonds. The van der Waals surface area contributed by atoms with Gasteiger partial charge in [-0.05, 0) is 56.7 Å². The Hall–Kier alpha value is -2.47. The molecular weight excluding hydrogens is 396 g/mol. The molecule has 1 fully saturated rings. The summed E-state index contributed by atoms with van der Waals surface area (Å²) in [4.78, 5) is 7.03. The van der Waals surface area contributed by atoms with Crippen molar-refractivity contribution in [1.29, 1.82) is 5.26 Å². The number of aromatic nitrogens is 1. The van der Waals surface area contributed by atoms with Gasteiger partial charge in [0.2, 0.25) is 0 Å². The van der Waals surface area contributed by atoms with Gasteiger partial charge in [0, 0.05) is 38.1 Å². The Morgan fingerprint density at radius 1 is 1.17 bits per heavy atom. The second kappa shape index (κ2) is 11.6. The van der Waals surface area contributed by atoms with E-state index in [9.17, 15) is 5.26 Å². The van der Waals surface area contributed by atoms with Gasteiger partial charge in [-0.1, -0.05) is 11.6 Å². The molecule has 0 spiro atoms. The van der Waals surface area contributed by atoms with E-state index >= 15 is 0 Å². The number of nitriles is 1. The van der Waals surface area contributed by atoms with Crippen molar-refractivity contribution in [2.75, 3.05) is 57.8 Å². The van der Waals surface area contributed by atoms with Crippen LogP contribution in [0.5, 0.6) is 0 Å². The van der Waals surface area contributed by atoms with E-state index < -0.39 is 0 Å². The predicted octanol–water partition coefficient (Wildman–Crippen LogP) is 2.40. The van der Waals surface area contributed by atoms with Gasteiger partial charge in [0.15, 0.2) is 5.11 Å². The minimum atomic E-state index is 0.568. The first-order chi connectivity index (χ1) is 14.7. The Morgan fingerprint density at radius 3 is 2.70 bits per heavy atom. The lowest BCUT2D eigenvalue weighted by molar-refractivity contribution is 0.0376. The fourth-order valence-electron chi connectivity index (χ4n) is 3.40. The molecule has 3 rings (SSSR count). The normalized spacial score (nSPS) is 14.3. The lowest BCUT2D eigenvalue weighted by atomic mass is 10.1. The summed E-state index contributed by atoms with van der Waals surface area (Å²) in [5.74, 6) is 0.637. The zero-order valence-corrected chi connectivity index (χ0v) is 18.4. The molecule has 0 bridgehead atoms. The Labute approximate surface area is 183 Å². The molecule has 0 aliphatic carbocycles. The number of nitrogens with zero attached hydrogens (tertiary/aromatic N) is 3. The van der Waals surface area contributed by atoms with E-state index in [-0.39, 0.29) is 0 Å². The maximum Gasteiger partial charge on any atom is 0.166 e. The highest BCUT2D eigenvalue weighted by Gasteiger charge is 2.09. The summed E-state index contributed by atoms with van der Waals surface area (Å²) in [5.41, 5.74) is 2.62. The molecule has 1 aromatic carbocycles. The monoisotopic (exact) mass is 426 g/mol. The Balaban J connectivity index is 1.32. The number of benzene rings is 1. The van der Waals surface area contributed by atoms with E-state index in [4.69, 9.17) is 17.0 Å². The number of morpholine rings is 1. The molecule has 2 aromatic rings. The van der Waals surface area contributed by atoms with Crippen molar-refractivity contribution in [3.63, 3.8) is 0 Å². The SMILES string of the molecule is Cc1ccc2nc(NCCCNC(=S)NCCCN3CCOCC3)c(C#N)cc2c1. The van der Waals surface area contributed by atoms with Crippen LogP contribution in [0.3, 0.4) is 0 Å². The average Bonchev–Trinajstić information content (AvgIpc) is 2.76. The predicted molar refractivity (Wildman–Crippen MR) is 125 cm³/mol. The Morgan fingerprint density at radius 2 is 1.93 bits per heavy atom. The Kier molecular flexibility index (Phi) is 8.63. The number of fused-ring (bicyclic) bond motifs is 1. The molecule has 8 heteroatoms. The quantitative estimate of drug-likeness (QED) is 0.416. The van der Waals surface area contributed by atoms with Crippen LogP contribution in [-0.2, 0) is 4.74 Å². The number of hydrogen-bond acceptors (Lipinski definition) is 6. The van der Waals surface area contributed by atoms with Crippen LogP contribution >= 0.6 is 12.2 Å². The summed E-state index contributed by atoms with van der Waals surface area (Å²) in [6, 6.07) is 10.2. The molecule has 160 valence electrons. The molecule has 30 heavy (non-hydrogen) atoms. The molecule has 2 heterocycles. The fourth-order valence-corrected chi connectivity index (χ4v) is 3.61. The van der Waals surface area contributed by atoms with Crippen molar-refractivity contribution < 1.29 is 4.74 Å². The first kappa shape index (κ1) is 22.2. The fraction of sp³-hybridized carbons (Fsp3) is 0.500. The highest BCUT2D eigenvalue weighted by molar-refractivity contribution is 7.80. The number of nitrogens with one attached hydrogen (secondary N) is 3. The molecule has 1 saturated heterocycles. The molecular formula is C22H30N6OS. The average molecular weight is 427 g/mol. The third-order valence-electron chi connectivity index (χ3n) is 5.06. The number of rotatable bonds is 9. The van der Waals surface area contributed by atoms with Gasteiger partial charge >= 0.3 is 0 Å². The lowest BCUT2D eigenvalue weighted by Crippen LogP contribution is -2.40. The Bertz CT molecular complexity index is 891. The number of anilines is 1. The standard InChI is InChI=1S/C22H30N6OS/c1-17-4-5-20-18(14-17)15-19(16-23)21(27-20)24-6-2-7-25-22(30)26-8-3-9-28-10-12-29-13-11-28/h4-5,14-15H,2-3,6-13H2,1H3,(H,24,27)(H2,25,26,30). The van der Waals surface area contributed by atoms with Crippen LogP contribution in [0.25, 0.3) is 10.9 Å².